The van der Waals surface area contributed by atoms with Crippen molar-refractivity contribution < 1.29 is 18.4 Å². The van der Waals surface area contributed by atoms with Crippen molar-refractivity contribution in [1.82, 2.24) is 15.2 Å². The fourth-order valence-corrected chi connectivity index (χ4v) is 3.50. The molecule has 2 amide bonds. The van der Waals surface area contributed by atoms with Crippen LogP contribution in [0.3, 0.4) is 0 Å². The number of nitrogens with one attached hydrogen (secondary N) is 1. The maximum atomic E-state index is 13.0. The Morgan fingerprint density at radius 3 is 2.86 bits per heavy atom. The van der Waals surface area contributed by atoms with E-state index in [1.54, 1.807) is 18.3 Å². The highest BCUT2D eigenvalue weighted by Gasteiger charge is 2.23. The topological polar surface area (TPSA) is 101 Å². The number of aromatic nitrogens is 1. The Hall–Kier alpha value is -2.74. The first kappa shape index (κ1) is 21.0. The molecule has 1 saturated heterocycles. The molecule has 0 radical (unpaired) electrons. The summed E-state index contributed by atoms with van der Waals surface area (Å²) in [5.41, 5.74) is 6.14. The molecule has 0 aliphatic carbocycles. The van der Waals surface area contributed by atoms with Gasteiger partial charge in [-0.1, -0.05) is 0 Å². The number of amides is 2. The van der Waals surface area contributed by atoms with Gasteiger partial charge in [0.2, 0.25) is 11.8 Å². The third-order valence-electron chi connectivity index (χ3n) is 5.13. The van der Waals surface area contributed by atoms with Crippen LogP contribution in [-0.2, 0) is 16.0 Å². The van der Waals surface area contributed by atoms with Gasteiger partial charge in [0.05, 0.1) is 12.1 Å². The van der Waals surface area contributed by atoms with E-state index in [0.29, 0.717) is 31.2 Å². The predicted molar refractivity (Wildman–Crippen MR) is 106 cm³/mol. The van der Waals surface area contributed by atoms with E-state index < -0.39 is 0 Å². The van der Waals surface area contributed by atoms with Crippen LogP contribution in [0.2, 0.25) is 0 Å². The first-order valence-electron chi connectivity index (χ1n) is 10.0. The standard InChI is InChI=1S/C21H27FN4O3/c22-17-6-4-15(5-7-17)18-13-25-20(29-18)9-8-19(27)24-10-2-12-26-11-1-3-16(14-26)21(23)28/h4-7,13,16H,1-3,8-12,14H2,(H2,23,28)(H,24,27). The SMILES string of the molecule is NC(=O)C1CCCN(CCCNC(=O)CCc2ncc(-c3ccc(F)cc3)o2)C1. The van der Waals surface area contributed by atoms with Crippen LogP contribution < -0.4 is 11.1 Å². The van der Waals surface area contributed by atoms with Crippen LogP contribution in [0.15, 0.2) is 34.9 Å². The van der Waals surface area contributed by atoms with Crippen molar-refractivity contribution in [2.45, 2.75) is 32.1 Å². The summed E-state index contributed by atoms with van der Waals surface area (Å²) in [4.78, 5) is 29.8. The van der Waals surface area contributed by atoms with Gasteiger partial charge in [-0.05, 0) is 56.6 Å². The molecule has 7 nitrogen and oxygen atoms in total. The summed E-state index contributed by atoms with van der Waals surface area (Å²) in [6, 6.07) is 5.98. The number of nitrogens with two attached hydrogens (primary N) is 1. The lowest BCUT2D eigenvalue weighted by atomic mass is 9.97. The second-order valence-corrected chi connectivity index (χ2v) is 7.37. The van der Waals surface area contributed by atoms with Crippen LogP contribution in [0.1, 0.15) is 31.6 Å². The van der Waals surface area contributed by atoms with Gasteiger partial charge in [-0.25, -0.2) is 9.37 Å². The van der Waals surface area contributed by atoms with E-state index in [1.165, 1.54) is 12.1 Å². The Labute approximate surface area is 169 Å². The molecule has 0 spiro atoms. The number of nitrogens with zero attached hydrogens (tertiary/aromatic N) is 2. The van der Waals surface area contributed by atoms with Crippen molar-refractivity contribution in [2.75, 3.05) is 26.2 Å². The highest BCUT2D eigenvalue weighted by atomic mass is 19.1. The van der Waals surface area contributed by atoms with Crippen molar-refractivity contribution in [3.8, 4) is 11.3 Å². The minimum absolute atomic E-state index is 0.0554. The Bertz CT molecular complexity index is 822. The minimum Gasteiger partial charge on any atom is -0.441 e. The molecule has 156 valence electrons. The van der Waals surface area contributed by atoms with Crippen molar-refractivity contribution in [1.29, 1.82) is 0 Å². The van der Waals surface area contributed by atoms with Crippen molar-refractivity contribution in [2.24, 2.45) is 11.7 Å². The number of benzene rings is 1. The predicted octanol–water partition coefficient (Wildman–Crippen LogP) is 2.12. The molecule has 2 aromatic rings. The number of hydrogen-bond acceptors (Lipinski definition) is 5. The molecule has 1 fully saturated rings. The van der Waals surface area contributed by atoms with E-state index in [9.17, 15) is 14.0 Å². The quantitative estimate of drug-likeness (QED) is 0.626. The third-order valence-corrected chi connectivity index (χ3v) is 5.13. The number of aryl methyl sites for hydroxylation is 1. The van der Waals surface area contributed by atoms with Crippen molar-refractivity contribution in [3.63, 3.8) is 0 Å². The van der Waals surface area contributed by atoms with Crippen LogP contribution in [0.4, 0.5) is 4.39 Å². The number of piperidine rings is 1. The van der Waals surface area contributed by atoms with Gasteiger partial charge in [-0.15, -0.1) is 0 Å². The Balaban J connectivity index is 1.33. The minimum atomic E-state index is -0.307. The Kier molecular flexibility index (Phi) is 7.35. The normalized spacial score (nSPS) is 17.2. The first-order valence-corrected chi connectivity index (χ1v) is 10.0. The van der Waals surface area contributed by atoms with Gasteiger partial charge in [-0.2, -0.15) is 0 Å². The second-order valence-electron chi connectivity index (χ2n) is 7.37. The van der Waals surface area contributed by atoms with Gasteiger partial charge in [0, 0.05) is 31.5 Å². The highest BCUT2D eigenvalue weighted by molar-refractivity contribution is 5.77. The van der Waals surface area contributed by atoms with Gasteiger partial charge in [-0.3, -0.25) is 9.59 Å². The van der Waals surface area contributed by atoms with E-state index in [4.69, 9.17) is 10.2 Å². The number of primary amides is 1. The molecule has 1 aromatic heterocycles. The molecule has 2 heterocycles. The van der Waals surface area contributed by atoms with Crippen molar-refractivity contribution >= 4 is 11.8 Å². The van der Waals surface area contributed by atoms with E-state index in [-0.39, 0.29) is 30.0 Å². The zero-order valence-corrected chi connectivity index (χ0v) is 16.4. The third kappa shape index (κ3) is 6.39. The summed E-state index contributed by atoms with van der Waals surface area (Å²) in [6.07, 6.45) is 4.95. The lowest BCUT2D eigenvalue weighted by Gasteiger charge is -2.31. The average Bonchev–Trinajstić information content (AvgIpc) is 3.19. The molecule has 1 aromatic carbocycles. The molecular formula is C21H27FN4O3. The smallest absolute Gasteiger partial charge is 0.221 e. The summed E-state index contributed by atoms with van der Waals surface area (Å²) >= 11 is 0. The molecule has 0 saturated carbocycles. The van der Waals surface area contributed by atoms with Crippen LogP contribution in [0.25, 0.3) is 11.3 Å². The lowest BCUT2D eigenvalue weighted by molar-refractivity contribution is -0.123. The molecule has 1 aliphatic heterocycles. The number of likely N-dealkylation sites (tertiary alicyclic amines) is 1. The molecule has 1 atom stereocenters. The zero-order chi connectivity index (χ0) is 20.6. The van der Waals surface area contributed by atoms with Crippen LogP contribution in [0, 0.1) is 11.7 Å². The molecule has 29 heavy (non-hydrogen) atoms. The monoisotopic (exact) mass is 402 g/mol. The van der Waals surface area contributed by atoms with Crippen molar-refractivity contribution in [3.05, 3.63) is 42.2 Å². The molecule has 3 rings (SSSR count). The average molecular weight is 402 g/mol. The number of oxazole rings is 1. The van der Waals surface area contributed by atoms with Gasteiger partial charge < -0.3 is 20.4 Å². The van der Waals surface area contributed by atoms with Gasteiger partial charge in [0.15, 0.2) is 11.7 Å². The number of carbonyl (C=O) groups is 2. The molecule has 1 unspecified atom stereocenters. The maximum Gasteiger partial charge on any atom is 0.221 e. The lowest BCUT2D eigenvalue weighted by Crippen LogP contribution is -2.42. The largest absolute Gasteiger partial charge is 0.441 e. The summed E-state index contributed by atoms with van der Waals surface area (Å²) in [5.74, 6) is 0.385. The fourth-order valence-electron chi connectivity index (χ4n) is 3.50. The number of carbonyl (C=O) groups excluding carboxylic acids is 2. The zero-order valence-electron chi connectivity index (χ0n) is 16.4. The number of halogens is 1. The van der Waals surface area contributed by atoms with Gasteiger partial charge in [0.1, 0.15) is 5.82 Å². The number of rotatable bonds is 9. The Morgan fingerprint density at radius 1 is 1.31 bits per heavy atom. The van der Waals surface area contributed by atoms with E-state index in [2.05, 4.69) is 15.2 Å². The van der Waals surface area contributed by atoms with E-state index in [0.717, 1.165) is 37.9 Å². The fraction of sp³-hybridized carbons (Fsp3) is 0.476. The summed E-state index contributed by atoms with van der Waals surface area (Å²) < 4.78 is 18.6. The molecule has 0 bridgehead atoms. The number of hydrogen-bond donors (Lipinski definition) is 2. The maximum absolute atomic E-state index is 13.0. The van der Waals surface area contributed by atoms with Crippen LogP contribution in [0.5, 0.6) is 0 Å². The van der Waals surface area contributed by atoms with Crippen LogP contribution in [-0.4, -0.2) is 47.9 Å². The molecule has 8 heteroatoms. The second kappa shape index (κ2) is 10.2. The highest BCUT2D eigenvalue weighted by Crippen LogP contribution is 2.21. The summed E-state index contributed by atoms with van der Waals surface area (Å²) in [7, 11) is 0. The van der Waals surface area contributed by atoms with E-state index >= 15 is 0 Å². The van der Waals surface area contributed by atoms with Crippen LogP contribution >= 0.6 is 0 Å². The van der Waals surface area contributed by atoms with Gasteiger partial charge in [0.25, 0.3) is 0 Å². The first-order chi connectivity index (χ1) is 14.0. The summed E-state index contributed by atoms with van der Waals surface area (Å²) in [5, 5.41) is 2.90. The molecule has 1 aliphatic rings. The van der Waals surface area contributed by atoms with Gasteiger partial charge >= 0.3 is 0 Å². The van der Waals surface area contributed by atoms with E-state index in [1.807, 2.05) is 0 Å². The molecular weight excluding hydrogens is 375 g/mol. The molecule has 3 N–H and O–H groups in total. The Morgan fingerprint density at radius 2 is 2.10 bits per heavy atom. The summed E-state index contributed by atoms with van der Waals surface area (Å²) in [6.45, 7) is 3.11.